The SMILES string of the molecule is CC(/C(=N/OC(CCCC(=O)O)C(C)(C)C)c1ccccc1)n1ccnc1. The van der Waals surface area contributed by atoms with Crippen molar-refractivity contribution in [2.45, 2.75) is 59.1 Å². The first-order chi connectivity index (χ1) is 12.8. The first-order valence-corrected chi connectivity index (χ1v) is 9.27. The molecule has 2 aromatic rings. The van der Waals surface area contributed by atoms with Crippen molar-refractivity contribution >= 4 is 11.7 Å². The first-order valence-electron chi connectivity index (χ1n) is 9.27. The van der Waals surface area contributed by atoms with Gasteiger partial charge in [0.25, 0.3) is 0 Å². The number of aromatic nitrogens is 2. The van der Waals surface area contributed by atoms with Gasteiger partial charge in [-0.25, -0.2) is 4.98 Å². The molecule has 6 heteroatoms. The number of imidazole rings is 1. The topological polar surface area (TPSA) is 76.7 Å². The number of carboxylic acids is 1. The Kier molecular flexibility index (Phi) is 7.16. The second-order valence-corrected chi connectivity index (χ2v) is 7.77. The quantitative estimate of drug-likeness (QED) is 0.519. The fraction of sp³-hybridized carbons (Fsp3) is 0.476. The van der Waals surface area contributed by atoms with E-state index in [1.54, 1.807) is 12.5 Å². The summed E-state index contributed by atoms with van der Waals surface area (Å²) < 4.78 is 1.98. The molecule has 0 aliphatic heterocycles. The summed E-state index contributed by atoms with van der Waals surface area (Å²) in [5.74, 6) is -0.787. The number of carboxylic acid groups (broad SMARTS) is 1. The predicted molar refractivity (Wildman–Crippen MR) is 106 cm³/mol. The molecule has 0 fully saturated rings. The highest BCUT2D eigenvalue weighted by Gasteiger charge is 2.27. The molecule has 0 amide bonds. The minimum absolute atomic E-state index is 0.0467. The van der Waals surface area contributed by atoms with Crippen LogP contribution in [0.15, 0.2) is 54.2 Å². The summed E-state index contributed by atoms with van der Waals surface area (Å²) in [6, 6.07) is 9.88. The lowest BCUT2D eigenvalue weighted by atomic mass is 9.86. The summed E-state index contributed by atoms with van der Waals surface area (Å²) in [6.45, 7) is 8.29. The normalized spacial score (nSPS) is 14.6. The van der Waals surface area contributed by atoms with E-state index in [-0.39, 0.29) is 24.0 Å². The van der Waals surface area contributed by atoms with Crippen LogP contribution in [0.4, 0.5) is 0 Å². The standard InChI is InChI=1S/C21H29N3O3/c1-16(24-14-13-22-15-24)20(17-9-6-5-7-10-17)23-27-18(21(2,3)4)11-8-12-19(25)26/h5-7,9-10,13-16,18H,8,11-12H2,1-4H3,(H,25,26)/b23-20-. The monoisotopic (exact) mass is 371 g/mol. The lowest BCUT2D eigenvalue weighted by Crippen LogP contribution is -2.29. The van der Waals surface area contributed by atoms with Crippen LogP contribution in [0.2, 0.25) is 0 Å². The van der Waals surface area contributed by atoms with Gasteiger partial charge >= 0.3 is 5.97 Å². The zero-order chi connectivity index (χ0) is 19.9. The number of hydrogen-bond acceptors (Lipinski definition) is 4. The van der Waals surface area contributed by atoms with Crippen LogP contribution in [0, 0.1) is 5.41 Å². The van der Waals surface area contributed by atoms with E-state index < -0.39 is 5.97 Å². The number of carbonyl (C=O) groups is 1. The molecule has 0 spiro atoms. The molecule has 0 saturated carbocycles. The maximum Gasteiger partial charge on any atom is 0.303 e. The molecule has 146 valence electrons. The Hall–Kier alpha value is -2.63. The molecule has 2 unspecified atom stereocenters. The predicted octanol–water partition coefficient (Wildman–Crippen LogP) is 4.53. The van der Waals surface area contributed by atoms with Gasteiger partial charge in [-0.05, 0) is 19.8 Å². The van der Waals surface area contributed by atoms with E-state index >= 15 is 0 Å². The van der Waals surface area contributed by atoms with Crippen LogP contribution in [0.3, 0.4) is 0 Å². The zero-order valence-electron chi connectivity index (χ0n) is 16.5. The number of oxime groups is 1. The maximum absolute atomic E-state index is 10.8. The van der Waals surface area contributed by atoms with Gasteiger partial charge < -0.3 is 14.5 Å². The average molecular weight is 371 g/mol. The minimum Gasteiger partial charge on any atom is -0.481 e. The molecule has 6 nitrogen and oxygen atoms in total. The third kappa shape index (κ3) is 6.24. The Balaban J connectivity index is 2.24. The molecule has 0 aliphatic rings. The molecule has 2 rings (SSSR count). The van der Waals surface area contributed by atoms with Crippen molar-refractivity contribution in [3.63, 3.8) is 0 Å². The minimum atomic E-state index is -0.787. The molecule has 1 aromatic heterocycles. The number of hydrogen-bond donors (Lipinski definition) is 1. The molecule has 2 atom stereocenters. The zero-order valence-corrected chi connectivity index (χ0v) is 16.5. The van der Waals surface area contributed by atoms with E-state index in [4.69, 9.17) is 9.94 Å². The van der Waals surface area contributed by atoms with Crippen LogP contribution in [-0.4, -0.2) is 32.4 Å². The molecule has 1 N–H and O–H groups in total. The number of rotatable bonds is 9. The van der Waals surface area contributed by atoms with E-state index in [9.17, 15) is 4.79 Å². The summed E-state index contributed by atoms with van der Waals surface area (Å²) >= 11 is 0. The average Bonchev–Trinajstić information content (AvgIpc) is 3.14. The van der Waals surface area contributed by atoms with Gasteiger partial charge in [-0.15, -0.1) is 0 Å². The Morgan fingerprint density at radius 1 is 1.30 bits per heavy atom. The largest absolute Gasteiger partial charge is 0.481 e. The highest BCUT2D eigenvalue weighted by molar-refractivity contribution is 6.02. The van der Waals surface area contributed by atoms with Crippen molar-refractivity contribution < 1.29 is 14.7 Å². The van der Waals surface area contributed by atoms with Crippen molar-refractivity contribution in [3.05, 3.63) is 54.6 Å². The molecule has 0 aliphatic carbocycles. The van der Waals surface area contributed by atoms with Gasteiger partial charge in [0.1, 0.15) is 11.8 Å². The number of aliphatic carboxylic acids is 1. The van der Waals surface area contributed by atoms with E-state index in [0.717, 1.165) is 11.3 Å². The molecule has 27 heavy (non-hydrogen) atoms. The van der Waals surface area contributed by atoms with Crippen molar-refractivity contribution in [2.75, 3.05) is 0 Å². The summed E-state index contributed by atoms with van der Waals surface area (Å²) in [4.78, 5) is 20.9. The van der Waals surface area contributed by atoms with E-state index in [1.165, 1.54) is 0 Å². The van der Waals surface area contributed by atoms with Crippen LogP contribution in [0.1, 0.15) is 58.6 Å². The number of nitrogens with zero attached hydrogens (tertiary/aromatic N) is 3. The first kappa shape index (κ1) is 20.7. The van der Waals surface area contributed by atoms with Crippen LogP contribution < -0.4 is 0 Å². The lowest BCUT2D eigenvalue weighted by Gasteiger charge is -2.29. The molecular formula is C21H29N3O3. The van der Waals surface area contributed by atoms with E-state index in [2.05, 4.69) is 30.9 Å². The molecule has 0 radical (unpaired) electrons. The van der Waals surface area contributed by atoms with Gasteiger partial charge in [-0.3, -0.25) is 4.79 Å². The summed E-state index contributed by atoms with van der Waals surface area (Å²) in [5.41, 5.74) is 1.64. The van der Waals surface area contributed by atoms with Gasteiger partial charge in [0.05, 0.1) is 12.4 Å². The van der Waals surface area contributed by atoms with Gasteiger partial charge in [0, 0.05) is 29.8 Å². The van der Waals surface area contributed by atoms with Crippen molar-refractivity contribution in [1.29, 1.82) is 0 Å². The maximum atomic E-state index is 10.8. The van der Waals surface area contributed by atoms with Crippen molar-refractivity contribution in [3.8, 4) is 0 Å². The fourth-order valence-electron chi connectivity index (χ4n) is 2.82. The van der Waals surface area contributed by atoms with Gasteiger partial charge in [0.15, 0.2) is 0 Å². The van der Waals surface area contributed by atoms with Crippen molar-refractivity contribution in [2.24, 2.45) is 10.6 Å². The molecule has 0 saturated heterocycles. The second kappa shape index (κ2) is 9.35. The second-order valence-electron chi connectivity index (χ2n) is 7.77. The Morgan fingerprint density at radius 2 is 2.00 bits per heavy atom. The van der Waals surface area contributed by atoms with Gasteiger partial charge in [-0.1, -0.05) is 56.3 Å². The Morgan fingerprint density at radius 3 is 2.56 bits per heavy atom. The fourth-order valence-corrected chi connectivity index (χ4v) is 2.82. The molecular weight excluding hydrogens is 342 g/mol. The Bertz CT molecular complexity index is 734. The van der Waals surface area contributed by atoms with E-state index in [0.29, 0.717) is 12.8 Å². The highest BCUT2D eigenvalue weighted by Crippen LogP contribution is 2.27. The van der Waals surface area contributed by atoms with Gasteiger partial charge in [0.2, 0.25) is 0 Å². The van der Waals surface area contributed by atoms with Crippen LogP contribution in [-0.2, 0) is 9.63 Å². The van der Waals surface area contributed by atoms with E-state index in [1.807, 2.05) is 48.0 Å². The lowest BCUT2D eigenvalue weighted by molar-refractivity contribution is -0.137. The third-order valence-corrected chi connectivity index (χ3v) is 4.54. The molecule has 0 bridgehead atoms. The summed E-state index contributed by atoms with van der Waals surface area (Å²) in [6.07, 6.45) is 6.56. The van der Waals surface area contributed by atoms with Crippen LogP contribution in [0.5, 0.6) is 0 Å². The van der Waals surface area contributed by atoms with Crippen molar-refractivity contribution in [1.82, 2.24) is 9.55 Å². The summed E-state index contributed by atoms with van der Waals surface area (Å²) in [7, 11) is 0. The van der Waals surface area contributed by atoms with Crippen LogP contribution >= 0.6 is 0 Å². The highest BCUT2D eigenvalue weighted by atomic mass is 16.6. The Labute approximate surface area is 160 Å². The third-order valence-electron chi connectivity index (χ3n) is 4.54. The molecule has 1 aromatic carbocycles. The smallest absolute Gasteiger partial charge is 0.303 e. The number of benzene rings is 1. The summed E-state index contributed by atoms with van der Waals surface area (Å²) in [5, 5.41) is 13.4. The van der Waals surface area contributed by atoms with Crippen LogP contribution in [0.25, 0.3) is 0 Å². The van der Waals surface area contributed by atoms with Gasteiger partial charge in [-0.2, -0.15) is 0 Å². The molecule has 1 heterocycles.